The molecule has 1 aromatic carbocycles. The van der Waals surface area contributed by atoms with Crippen LogP contribution in [-0.2, 0) is 16.0 Å². The van der Waals surface area contributed by atoms with Crippen molar-refractivity contribution in [3.05, 3.63) is 29.3 Å². The molecule has 1 aliphatic carbocycles. The fourth-order valence-corrected chi connectivity index (χ4v) is 4.47. The van der Waals surface area contributed by atoms with Crippen LogP contribution in [0.1, 0.15) is 37.8 Å². The predicted octanol–water partition coefficient (Wildman–Crippen LogP) is 3.51. The normalized spacial score (nSPS) is 24.9. The molecular weight excluding hydrogens is 481 g/mol. The van der Waals surface area contributed by atoms with E-state index in [-0.39, 0.29) is 29.4 Å². The van der Waals surface area contributed by atoms with E-state index < -0.39 is 0 Å². The average Bonchev–Trinajstić information content (AvgIpc) is 3.13. The summed E-state index contributed by atoms with van der Waals surface area (Å²) in [7, 11) is 3.53. The van der Waals surface area contributed by atoms with Crippen LogP contribution in [0.2, 0.25) is 0 Å². The van der Waals surface area contributed by atoms with Gasteiger partial charge in [0.15, 0.2) is 5.96 Å². The highest BCUT2D eigenvalue weighted by molar-refractivity contribution is 14.0. The summed E-state index contributed by atoms with van der Waals surface area (Å²) in [6.07, 6.45) is 2.37. The van der Waals surface area contributed by atoms with E-state index in [0.29, 0.717) is 37.8 Å². The molecule has 3 atom stereocenters. The second-order valence-electron chi connectivity index (χ2n) is 8.42. The number of nitrogens with one attached hydrogen (secondary N) is 2. The van der Waals surface area contributed by atoms with Crippen LogP contribution in [0.25, 0.3) is 0 Å². The molecule has 164 valence electrons. The molecule has 0 spiro atoms. The molecule has 29 heavy (non-hydrogen) atoms. The van der Waals surface area contributed by atoms with Gasteiger partial charge >= 0.3 is 0 Å². The van der Waals surface area contributed by atoms with Crippen LogP contribution in [-0.4, -0.2) is 52.1 Å². The summed E-state index contributed by atoms with van der Waals surface area (Å²) in [6.45, 7) is 9.52. The van der Waals surface area contributed by atoms with Crippen LogP contribution in [0.4, 0.5) is 0 Å². The van der Waals surface area contributed by atoms with E-state index in [4.69, 9.17) is 14.2 Å². The lowest BCUT2D eigenvalue weighted by Crippen LogP contribution is -2.67. The molecule has 0 amide bonds. The van der Waals surface area contributed by atoms with Gasteiger partial charge in [-0.3, -0.25) is 4.99 Å². The van der Waals surface area contributed by atoms with E-state index in [9.17, 15) is 0 Å². The number of aryl methyl sites for hydroxylation is 1. The van der Waals surface area contributed by atoms with Gasteiger partial charge in [-0.05, 0) is 25.0 Å². The number of guanidine groups is 1. The third-order valence-electron chi connectivity index (χ3n) is 6.04. The number of aliphatic imine (C=N–C) groups is 1. The third-order valence-corrected chi connectivity index (χ3v) is 6.04. The molecular formula is C22H36IN3O3. The minimum atomic E-state index is 0. The zero-order valence-electron chi connectivity index (χ0n) is 18.3. The van der Waals surface area contributed by atoms with Crippen molar-refractivity contribution in [3.63, 3.8) is 0 Å². The number of nitrogens with zero attached hydrogens (tertiary/aromatic N) is 1. The van der Waals surface area contributed by atoms with E-state index in [1.807, 2.05) is 7.05 Å². The van der Waals surface area contributed by atoms with E-state index in [2.05, 4.69) is 54.6 Å². The second-order valence-corrected chi connectivity index (χ2v) is 8.42. The molecule has 1 saturated carbocycles. The van der Waals surface area contributed by atoms with Crippen LogP contribution < -0.4 is 15.4 Å². The van der Waals surface area contributed by atoms with Crippen LogP contribution in [0.3, 0.4) is 0 Å². The third kappa shape index (κ3) is 5.55. The Kier molecular flexibility index (Phi) is 9.03. The lowest BCUT2D eigenvalue weighted by Gasteiger charge is -2.54. The highest BCUT2D eigenvalue weighted by atomic mass is 127. The monoisotopic (exact) mass is 517 g/mol. The highest BCUT2D eigenvalue weighted by Gasteiger charge is 2.59. The summed E-state index contributed by atoms with van der Waals surface area (Å²) >= 11 is 0. The van der Waals surface area contributed by atoms with Crippen LogP contribution >= 0.6 is 24.0 Å². The zero-order valence-corrected chi connectivity index (χ0v) is 20.6. The van der Waals surface area contributed by atoms with Crippen molar-refractivity contribution >= 4 is 29.9 Å². The number of ether oxygens (including phenoxy) is 3. The lowest BCUT2D eigenvalue weighted by atomic mass is 9.57. The number of hydrogen-bond donors (Lipinski definition) is 2. The van der Waals surface area contributed by atoms with Gasteiger partial charge in [-0.1, -0.05) is 26.0 Å². The molecule has 3 unspecified atom stereocenters. The quantitative estimate of drug-likeness (QED) is 0.239. The lowest BCUT2D eigenvalue weighted by molar-refractivity contribution is -0.106. The van der Waals surface area contributed by atoms with Crippen molar-refractivity contribution in [2.75, 3.05) is 34.0 Å². The molecule has 3 rings (SSSR count). The Bertz CT molecular complexity index is 696. The van der Waals surface area contributed by atoms with Crippen molar-refractivity contribution < 1.29 is 14.2 Å². The maximum absolute atomic E-state index is 5.99. The Morgan fingerprint density at radius 3 is 2.83 bits per heavy atom. The summed E-state index contributed by atoms with van der Waals surface area (Å²) in [5.74, 6) is 2.33. The smallest absolute Gasteiger partial charge is 0.191 e. The van der Waals surface area contributed by atoms with Gasteiger partial charge < -0.3 is 24.8 Å². The topological polar surface area (TPSA) is 64.1 Å². The number of methoxy groups -OCH3 is 1. The van der Waals surface area contributed by atoms with Crippen LogP contribution in [0.15, 0.2) is 23.2 Å². The molecule has 2 fully saturated rings. The van der Waals surface area contributed by atoms with Gasteiger partial charge in [0.25, 0.3) is 0 Å². The highest BCUT2D eigenvalue weighted by Crippen LogP contribution is 2.52. The number of halogens is 1. The van der Waals surface area contributed by atoms with Gasteiger partial charge in [0.1, 0.15) is 5.75 Å². The summed E-state index contributed by atoms with van der Waals surface area (Å²) in [6, 6.07) is 6.71. The van der Waals surface area contributed by atoms with Crippen molar-refractivity contribution in [2.45, 2.75) is 52.3 Å². The van der Waals surface area contributed by atoms with E-state index >= 15 is 0 Å². The van der Waals surface area contributed by atoms with Gasteiger partial charge in [-0.15, -0.1) is 24.0 Å². The second kappa shape index (κ2) is 10.8. The molecule has 0 aromatic heterocycles. The number of hydrogen-bond acceptors (Lipinski definition) is 4. The first kappa shape index (κ1) is 24.2. The molecule has 0 bridgehead atoms. The van der Waals surface area contributed by atoms with Gasteiger partial charge in [-0.2, -0.15) is 0 Å². The first-order valence-electron chi connectivity index (χ1n) is 10.3. The van der Waals surface area contributed by atoms with Crippen molar-refractivity contribution in [1.82, 2.24) is 10.6 Å². The average molecular weight is 517 g/mol. The van der Waals surface area contributed by atoms with Crippen molar-refractivity contribution in [1.29, 1.82) is 0 Å². The number of rotatable bonds is 8. The fourth-order valence-electron chi connectivity index (χ4n) is 4.47. The number of benzene rings is 1. The summed E-state index contributed by atoms with van der Waals surface area (Å²) < 4.78 is 17.0. The molecule has 1 heterocycles. The summed E-state index contributed by atoms with van der Waals surface area (Å²) in [5.41, 5.74) is 2.44. The summed E-state index contributed by atoms with van der Waals surface area (Å²) in [5, 5.41) is 7.08. The standard InChI is InChI=1S/C22H35N3O3.HI/c1-15-7-8-16(18(13-15)27-11-6-10-26-5)14-24-21(23-4)25-19-17-9-12-28-20(17)22(19,2)3;/h7-8,13,17,19-20H,6,9-12,14H2,1-5H3,(H2,23,24,25);1H. The molecule has 2 aliphatic rings. The van der Waals surface area contributed by atoms with Crippen molar-refractivity contribution in [2.24, 2.45) is 16.3 Å². The number of fused-ring (bicyclic) bond motifs is 1. The molecule has 1 aliphatic heterocycles. The first-order valence-corrected chi connectivity index (χ1v) is 10.3. The zero-order chi connectivity index (χ0) is 20.1. The van der Waals surface area contributed by atoms with Crippen LogP contribution in [0.5, 0.6) is 5.75 Å². The largest absolute Gasteiger partial charge is 0.493 e. The molecule has 2 N–H and O–H groups in total. The minimum absolute atomic E-state index is 0. The molecule has 7 heteroatoms. The Morgan fingerprint density at radius 1 is 1.31 bits per heavy atom. The van der Waals surface area contributed by atoms with Gasteiger partial charge in [-0.25, -0.2) is 0 Å². The van der Waals surface area contributed by atoms with Crippen molar-refractivity contribution in [3.8, 4) is 5.75 Å². The predicted molar refractivity (Wildman–Crippen MR) is 127 cm³/mol. The van der Waals surface area contributed by atoms with Crippen LogP contribution in [0, 0.1) is 18.3 Å². The molecule has 1 aromatic rings. The Balaban J connectivity index is 0.00000300. The maximum Gasteiger partial charge on any atom is 0.191 e. The Hall–Kier alpha value is -1.06. The first-order chi connectivity index (χ1) is 13.5. The maximum atomic E-state index is 5.99. The Labute approximate surface area is 192 Å². The molecule has 0 radical (unpaired) electrons. The molecule has 6 nitrogen and oxygen atoms in total. The van der Waals surface area contributed by atoms with E-state index in [0.717, 1.165) is 36.7 Å². The van der Waals surface area contributed by atoms with E-state index in [1.54, 1.807) is 7.11 Å². The van der Waals surface area contributed by atoms with Gasteiger partial charge in [0, 0.05) is 63.3 Å². The fraction of sp³-hybridized carbons (Fsp3) is 0.682. The van der Waals surface area contributed by atoms with Gasteiger partial charge in [0.05, 0.1) is 12.7 Å². The van der Waals surface area contributed by atoms with Gasteiger partial charge in [0.2, 0.25) is 0 Å². The minimum Gasteiger partial charge on any atom is -0.493 e. The summed E-state index contributed by atoms with van der Waals surface area (Å²) in [4.78, 5) is 4.43. The Morgan fingerprint density at radius 2 is 2.10 bits per heavy atom. The SMILES string of the molecule is CN=C(NCc1ccc(C)cc1OCCCOC)NC1C2CCOC2C1(C)C.I. The molecule has 1 saturated heterocycles. The van der Waals surface area contributed by atoms with E-state index in [1.165, 1.54) is 5.56 Å².